The van der Waals surface area contributed by atoms with Crippen molar-refractivity contribution in [2.45, 2.75) is 30.4 Å². The number of benzene rings is 2. The van der Waals surface area contributed by atoms with Crippen LogP contribution < -0.4 is 0 Å². The van der Waals surface area contributed by atoms with Crippen LogP contribution in [-0.4, -0.2) is 24.9 Å². The van der Waals surface area contributed by atoms with Crippen LogP contribution in [-0.2, 0) is 14.3 Å². The lowest BCUT2D eigenvalue weighted by Gasteiger charge is -2.24. The maximum atomic E-state index is 12.5. The van der Waals surface area contributed by atoms with Crippen molar-refractivity contribution in [2.24, 2.45) is 0 Å². The maximum Gasteiger partial charge on any atom is 0.297 e. The molecule has 0 heterocycles. The molecule has 2 aromatic rings. The first-order valence-corrected chi connectivity index (χ1v) is 8.50. The van der Waals surface area contributed by atoms with Crippen LogP contribution in [0.4, 0.5) is 0 Å². The Kier molecular flexibility index (Phi) is 3.63. The Balaban J connectivity index is 2.02. The number of carbonyl (C=O) groups is 1. The molecule has 0 saturated carbocycles. The van der Waals surface area contributed by atoms with Crippen molar-refractivity contribution in [1.82, 2.24) is 0 Å². The van der Waals surface area contributed by atoms with Crippen molar-refractivity contribution in [3.63, 3.8) is 0 Å². The summed E-state index contributed by atoms with van der Waals surface area (Å²) in [6.45, 7) is 3.11. The molecule has 5 nitrogen and oxygen atoms in total. The second kappa shape index (κ2) is 5.26. The Bertz CT molecular complexity index is 866. The second-order valence-electron chi connectivity index (χ2n) is 5.81. The van der Waals surface area contributed by atoms with Crippen LogP contribution in [0.25, 0.3) is 0 Å². The predicted octanol–water partition coefficient (Wildman–Crippen LogP) is 2.39. The minimum Gasteiger partial charge on any atom is -0.379 e. The third-order valence-corrected chi connectivity index (χ3v) is 5.29. The van der Waals surface area contributed by atoms with Gasteiger partial charge in [0.15, 0.2) is 11.4 Å². The molecule has 0 radical (unpaired) electrons. The number of hydrogen-bond acceptors (Lipinski definition) is 5. The Morgan fingerprint density at radius 3 is 2.35 bits per heavy atom. The lowest BCUT2D eigenvalue weighted by molar-refractivity contribution is -0.0179. The minimum absolute atomic E-state index is 0.0178. The smallest absolute Gasteiger partial charge is 0.297 e. The van der Waals surface area contributed by atoms with E-state index in [1.54, 1.807) is 36.4 Å². The molecule has 0 fully saturated rings. The molecule has 0 bridgehead atoms. The van der Waals surface area contributed by atoms with E-state index in [1.807, 2.05) is 6.92 Å². The number of aliphatic hydroxyl groups is 1. The summed E-state index contributed by atoms with van der Waals surface area (Å²) in [4.78, 5) is 12.3. The minimum atomic E-state index is -4.11. The highest BCUT2D eigenvalue weighted by molar-refractivity contribution is 7.86. The summed E-state index contributed by atoms with van der Waals surface area (Å²) in [5.41, 5.74) is -0.362. The summed E-state index contributed by atoms with van der Waals surface area (Å²) < 4.78 is 30.2. The molecular weight excluding hydrogens is 316 g/mol. The van der Waals surface area contributed by atoms with Gasteiger partial charge in [-0.05, 0) is 31.5 Å². The standard InChI is InChI=1S/C17H16O5S/c1-11-7-9-12(10-8-11)23(20,21)22-16-14-6-4-3-5-13(14)15(18)17(16,2)19/h3-10,16,19H,1-2H3. The zero-order valence-corrected chi connectivity index (χ0v) is 13.5. The number of rotatable bonds is 3. The highest BCUT2D eigenvalue weighted by Gasteiger charge is 2.51. The van der Waals surface area contributed by atoms with Crippen molar-refractivity contribution in [3.8, 4) is 0 Å². The van der Waals surface area contributed by atoms with E-state index in [0.29, 0.717) is 5.56 Å². The molecule has 0 amide bonds. The summed E-state index contributed by atoms with van der Waals surface area (Å²) in [7, 11) is -4.11. The van der Waals surface area contributed by atoms with Gasteiger partial charge in [0, 0.05) is 5.56 Å². The fraction of sp³-hybridized carbons (Fsp3) is 0.235. The third kappa shape index (κ3) is 2.59. The predicted molar refractivity (Wildman–Crippen MR) is 83.6 cm³/mol. The molecule has 2 atom stereocenters. The van der Waals surface area contributed by atoms with Crippen LogP contribution in [0, 0.1) is 6.92 Å². The van der Waals surface area contributed by atoms with E-state index in [4.69, 9.17) is 4.18 Å². The Labute approximate surface area is 134 Å². The van der Waals surface area contributed by atoms with E-state index in [1.165, 1.54) is 19.1 Å². The first-order valence-electron chi connectivity index (χ1n) is 7.09. The van der Waals surface area contributed by atoms with Gasteiger partial charge in [0.05, 0.1) is 4.90 Å². The average Bonchev–Trinajstić information content (AvgIpc) is 2.69. The lowest BCUT2D eigenvalue weighted by Crippen LogP contribution is -2.37. The lowest BCUT2D eigenvalue weighted by atomic mass is 10.00. The van der Waals surface area contributed by atoms with E-state index in [2.05, 4.69) is 0 Å². The molecule has 1 N–H and O–H groups in total. The first kappa shape index (κ1) is 15.9. The van der Waals surface area contributed by atoms with E-state index >= 15 is 0 Å². The number of aryl methyl sites for hydroxylation is 1. The van der Waals surface area contributed by atoms with Gasteiger partial charge in [-0.1, -0.05) is 42.0 Å². The molecule has 2 unspecified atom stereocenters. The van der Waals surface area contributed by atoms with Gasteiger partial charge in [0.1, 0.15) is 6.10 Å². The van der Waals surface area contributed by atoms with Crippen LogP contribution in [0.1, 0.15) is 34.5 Å². The Hall–Kier alpha value is -2.02. The van der Waals surface area contributed by atoms with E-state index in [-0.39, 0.29) is 10.5 Å². The van der Waals surface area contributed by atoms with Crippen LogP contribution in [0.2, 0.25) is 0 Å². The fourth-order valence-electron chi connectivity index (χ4n) is 2.66. The third-order valence-electron chi connectivity index (χ3n) is 3.99. The van der Waals surface area contributed by atoms with Gasteiger partial charge >= 0.3 is 0 Å². The number of fused-ring (bicyclic) bond motifs is 1. The molecule has 1 aliphatic rings. The number of carbonyl (C=O) groups excluding carboxylic acids is 1. The molecule has 0 spiro atoms. The van der Waals surface area contributed by atoms with Crippen LogP contribution in [0.15, 0.2) is 53.4 Å². The van der Waals surface area contributed by atoms with Gasteiger partial charge in [-0.25, -0.2) is 0 Å². The summed E-state index contributed by atoms with van der Waals surface area (Å²) in [6.07, 6.45) is -1.27. The average molecular weight is 332 g/mol. The normalized spacial score (nSPS) is 23.8. The largest absolute Gasteiger partial charge is 0.379 e. The van der Waals surface area contributed by atoms with Gasteiger partial charge < -0.3 is 5.11 Å². The van der Waals surface area contributed by atoms with Crippen molar-refractivity contribution < 1.29 is 22.5 Å². The molecule has 23 heavy (non-hydrogen) atoms. The molecule has 120 valence electrons. The Morgan fingerprint density at radius 2 is 1.70 bits per heavy atom. The van der Waals surface area contributed by atoms with E-state index < -0.39 is 27.6 Å². The number of Topliss-reactive ketones (excluding diaryl/α,β-unsaturated/α-hetero) is 1. The first-order chi connectivity index (χ1) is 10.7. The zero-order valence-electron chi connectivity index (χ0n) is 12.7. The quantitative estimate of drug-likeness (QED) is 0.873. The van der Waals surface area contributed by atoms with Crippen molar-refractivity contribution >= 4 is 15.9 Å². The van der Waals surface area contributed by atoms with Gasteiger partial charge in [-0.15, -0.1) is 0 Å². The molecule has 0 saturated heterocycles. The summed E-state index contributed by atoms with van der Waals surface area (Å²) in [6, 6.07) is 12.6. The zero-order chi connectivity index (χ0) is 16.8. The molecule has 3 rings (SSSR count). The molecule has 0 aromatic heterocycles. The maximum absolute atomic E-state index is 12.5. The molecule has 0 aliphatic heterocycles. The Morgan fingerprint density at radius 1 is 1.09 bits per heavy atom. The van der Waals surface area contributed by atoms with Crippen LogP contribution in [0.5, 0.6) is 0 Å². The summed E-state index contributed by atoms with van der Waals surface area (Å²) >= 11 is 0. The molecule has 2 aromatic carbocycles. The highest BCUT2D eigenvalue weighted by Crippen LogP contribution is 2.43. The van der Waals surface area contributed by atoms with Gasteiger partial charge in [0.25, 0.3) is 10.1 Å². The topological polar surface area (TPSA) is 80.7 Å². The molecule has 1 aliphatic carbocycles. The number of ketones is 1. The van der Waals surface area contributed by atoms with Crippen molar-refractivity contribution in [3.05, 3.63) is 65.2 Å². The summed E-state index contributed by atoms with van der Waals surface area (Å²) in [5, 5.41) is 10.5. The highest BCUT2D eigenvalue weighted by atomic mass is 32.2. The van der Waals surface area contributed by atoms with Gasteiger partial charge in [0.2, 0.25) is 0 Å². The van der Waals surface area contributed by atoms with Crippen molar-refractivity contribution in [2.75, 3.05) is 0 Å². The molecule has 6 heteroatoms. The monoisotopic (exact) mass is 332 g/mol. The van der Waals surface area contributed by atoms with Gasteiger partial charge in [-0.2, -0.15) is 8.42 Å². The summed E-state index contributed by atoms with van der Waals surface area (Å²) in [5.74, 6) is -0.544. The van der Waals surface area contributed by atoms with Crippen molar-refractivity contribution in [1.29, 1.82) is 0 Å². The van der Waals surface area contributed by atoms with E-state index in [9.17, 15) is 18.3 Å². The van der Waals surface area contributed by atoms with Crippen LogP contribution in [0.3, 0.4) is 0 Å². The SMILES string of the molecule is Cc1ccc(S(=O)(=O)OC2c3ccccc3C(=O)C2(C)O)cc1. The number of hydrogen-bond donors (Lipinski definition) is 1. The second-order valence-corrected chi connectivity index (χ2v) is 7.38. The van der Waals surface area contributed by atoms with E-state index in [0.717, 1.165) is 5.56 Å². The van der Waals surface area contributed by atoms with Crippen LogP contribution >= 0.6 is 0 Å². The molecular formula is C17H16O5S. The van der Waals surface area contributed by atoms with Gasteiger partial charge in [-0.3, -0.25) is 8.98 Å². The fourth-order valence-corrected chi connectivity index (χ4v) is 3.78.